The summed E-state index contributed by atoms with van der Waals surface area (Å²) in [5, 5.41) is 8.81. The Hall–Kier alpha value is -1.55. The number of para-hydroxylation sites is 1. The summed E-state index contributed by atoms with van der Waals surface area (Å²) in [6.45, 7) is 4.29. The van der Waals surface area contributed by atoms with Crippen molar-refractivity contribution in [3.8, 4) is 5.75 Å². The van der Waals surface area contributed by atoms with E-state index in [4.69, 9.17) is 14.6 Å². The molecular formula is C18H28O4. The Morgan fingerprint density at radius 2 is 1.95 bits per heavy atom. The summed E-state index contributed by atoms with van der Waals surface area (Å²) in [5.41, 5.74) is 1.15. The molecule has 1 aromatic carbocycles. The first-order chi connectivity index (χ1) is 10.7. The fraction of sp³-hybridized carbons (Fsp3) is 0.611. The predicted molar refractivity (Wildman–Crippen MR) is 87.0 cm³/mol. The molecule has 22 heavy (non-hydrogen) atoms. The minimum Gasteiger partial charge on any atom is -0.494 e. The molecule has 124 valence electrons. The van der Waals surface area contributed by atoms with Crippen LogP contribution in [0.1, 0.15) is 51.5 Å². The number of esters is 1. The third-order valence-corrected chi connectivity index (χ3v) is 3.52. The molecule has 0 aliphatic rings. The average molecular weight is 308 g/mol. The van der Waals surface area contributed by atoms with Gasteiger partial charge in [0, 0.05) is 13.5 Å². The van der Waals surface area contributed by atoms with Crippen molar-refractivity contribution in [2.45, 2.75) is 58.5 Å². The van der Waals surface area contributed by atoms with Gasteiger partial charge in [0.1, 0.15) is 11.9 Å². The van der Waals surface area contributed by atoms with E-state index in [1.54, 1.807) is 0 Å². The summed E-state index contributed by atoms with van der Waals surface area (Å²) >= 11 is 0. The number of aliphatic hydroxyl groups excluding tert-OH is 1. The number of carbonyl (C=O) groups excluding carboxylic acids is 1. The van der Waals surface area contributed by atoms with Crippen molar-refractivity contribution < 1.29 is 19.4 Å². The van der Waals surface area contributed by atoms with Crippen LogP contribution in [-0.4, -0.2) is 30.4 Å². The summed E-state index contributed by atoms with van der Waals surface area (Å²) in [6, 6.07) is 8.00. The SMILES string of the molecule is CCOc1ccccc1CCC(CCCCCO)OC(C)=O. The van der Waals surface area contributed by atoms with E-state index < -0.39 is 0 Å². The number of hydrogen-bond acceptors (Lipinski definition) is 4. The van der Waals surface area contributed by atoms with Crippen molar-refractivity contribution in [3.05, 3.63) is 29.8 Å². The quantitative estimate of drug-likeness (QED) is 0.502. The summed E-state index contributed by atoms with van der Waals surface area (Å²) in [7, 11) is 0. The smallest absolute Gasteiger partial charge is 0.302 e. The topological polar surface area (TPSA) is 55.8 Å². The van der Waals surface area contributed by atoms with Crippen LogP contribution in [0.3, 0.4) is 0 Å². The molecule has 0 amide bonds. The average Bonchev–Trinajstić information content (AvgIpc) is 2.50. The van der Waals surface area contributed by atoms with Gasteiger partial charge in [0.2, 0.25) is 0 Å². The molecule has 4 heteroatoms. The van der Waals surface area contributed by atoms with Crippen LogP contribution in [0.25, 0.3) is 0 Å². The van der Waals surface area contributed by atoms with Gasteiger partial charge >= 0.3 is 5.97 Å². The highest BCUT2D eigenvalue weighted by atomic mass is 16.5. The molecule has 0 aliphatic heterocycles. The lowest BCUT2D eigenvalue weighted by Gasteiger charge is -2.18. The van der Waals surface area contributed by atoms with Crippen molar-refractivity contribution in [2.75, 3.05) is 13.2 Å². The van der Waals surface area contributed by atoms with Crippen LogP contribution in [0.15, 0.2) is 24.3 Å². The highest BCUT2D eigenvalue weighted by molar-refractivity contribution is 5.66. The minimum absolute atomic E-state index is 0.0640. The van der Waals surface area contributed by atoms with E-state index in [0.717, 1.165) is 49.8 Å². The highest BCUT2D eigenvalue weighted by Crippen LogP contribution is 2.22. The summed E-state index contributed by atoms with van der Waals surface area (Å²) in [6.07, 6.45) is 5.13. The van der Waals surface area contributed by atoms with Gasteiger partial charge in [-0.15, -0.1) is 0 Å². The number of aliphatic hydroxyl groups is 1. The standard InChI is InChI=1S/C18H28O4/c1-3-21-18-11-7-6-9-16(18)12-13-17(22-15(2)20)10-5-4-8-14-19/h6-7,9,11,17,19H,3-5,8,10,12-14H2,1-2H3. The molecular weight excluding hydrogens is 280 g/mol. The monoisotopic (exact) mass is 308 g/mol. The Labute approximate surface area is 133 Å². The molecule has 1 atom stereocenters. The van der Waals surface area contributed by atoms with E-state index in [9.17, 15) is 4.79 Å². The van der Waals surface area contributed by atoms with Crippen LogP contribution in [0.2, 0.25) is 0 Å². The summed E-state index contributed by atoms with van der Waals surface area (Å²) in [4.78, 5) is 11.2. The zero-order valence-corrected chi connectivity index (χ0v) is 13.7. The molecule has 4 nitrogen and oxygen atoms in total. The van der Waals surface area contributed by atoms with Crippen molar-refractivity contribution in [3.63, 3.8) is 0 Å². The maximum Gasteiger partial charge on any atom is 0.302 e. The first kappa shape index (κ1) is 18.5. The van der Waals surface area contributed by atoms with E-state index >= 15 is 0 Å². The van der Waals surface area contributed by atoms with Crippen molar-refractivity contribution in [1.82, 2.24) is 0 Å². The Kier molecular flexibility index (Phi) is 9.31. The summed E-state index contributed by atoms with van der Waals surface area (Å²) in [5.74, 6) is 0.678. The number of carbonyl (C=O) groups is 1. The second-order valence-electron chi connectivity index (χ2n) is 5.38. The lowest BCUT2D eigenvalue weighted by atomic mass is 10.0. The van der Waals surface area contributed by atoms with Gasteiger partial charge < -0.3 is 14.6 Å². The molecule has 1 unspecified atom stereocenters. The Morgan fingerprint density at radius 3 is 2.64 bits per heavy atom. The summed E-state index contributed by atoms with van der Waals surface area (Å²) < 4.78 is 11.0. The van der Waals surface area contributed by atoms with Crippen LogP contribution >= 0.6 is 0 Å². The van der Waals surface area contributed by atoms with Crippen molar-refractivity contribution in [2.24, 2.45) is 0 Å². The molecule has 0 saturated carbocycles. The number of benzene rings is 1. The Bertz CT molecular complexity index is 431. The molecule has 0 aliphatic carbocycles. The van der Waals surface area contributed by atoms with Crippen LogP contribution < -0.4 is 4.74 Å². The predicted octanol–water partition coefficient (Wildman–Crippen LogP) is 3.50. The van der Waals surface area contributed by atoms with Gasteiger partial charge in [0.25, 0.3) is 0 Å². The highest BCUT2D eigenvalue weighted by Gasteiger charge is 2.13. The lowest BCUT2D eigenvalue weighted by Crippen LogP contribution is -2.17. The fourth-order valence-corrected chi connectivity index (χ4v) is 2.48. The molecule has 1 rings (SSSR count). The second kappa shape index (κ2) is 11.1. The van der Waals surface area contributed by atoms with E-state index in [0.29, 0.717) is 6.61 Å². The Morgan fingerprint density at radius 1 is 1.18 bits per heavy atom. The van der Waals surface area contributed by atoms with Gasteiger partial charge in [-0.05, 0) is 50.7 Å². The fourth-order valence-electron chi connectivity index (χ4n) is 2.48. The Balaban J connectivity index is 2.52. The molecule has 1 aromatic rings. The maximum absolute atomic E-state index is 11.2. The minimum atomic E-state index is -0.231. The molecule has 0 radical (unpaired) electrons. The van der Waals surface area contributed by atoms with Gasteiger partial charge in [-0.25, -0.2) is 0 Å². The number of rotatable bonds is 11. The van der Waals surface area contributed by atoms with Gasteiger partial charge in [-0.2, -0.15) is 0 Å². The first-order valence-electron chi connectivity index (χ1n) is 8.16. The lowest BCUT2D eigenvalue weighted by molar-refractivity contribution is -0.147. The maximum atomic E-state index is 11.2. The van der Waals surface area contributed by atoms with Gasteiger partial charge in [-0.1, -0.05) is 24.6 Å². The van der Waals surface area contributed by atoms with E-state index in [1.165, 1.54) is 6.92 Å². The van der Waals surface area contributed by atoms with Crippen LogP contribution in [0, 0.1) is 0 Å². The van der Waals surface area contributed by atoms with Crippen LogP contribution in [0.4, 0.5) is 0 Å². The van der Waals surface area contributed by atoms with Gasteiger partial charge in [0.05, 0.1) is 6.61 Å². The zero-order chi connectivity index (χ0) is 16.2. The molecule has 0 heterocycles. The molecule has 0 saturated heterocycles. The third kappa shape index (κ3) is 7.46. The number of unbranched alkanes of at least 4 members (excludes halogenated alkanes) is 2. The molecule has 0 fully saturated rings. The molecule has 0 spiro atoms. The van der Waals surface area contributed by atoms with E-state index in [2.05, 4.69) is 6.07 Å². The largest absolute Gasteiger partial charge is 0.494 e. The second-order valence-corrected chi connectivity index (χ2v) is 5.38. The molecule has 0 aromatic heterocycles. The van der Waals surface area contributed by atoms with Crippen molar-refractivity contribution >= 4 is 5.97 Å². The molecule has 0 bridgehead atoms. The van der Waals surface area contributed by atoms with Gasteiger partial charge in [0.15, 0.2) is 0 Å². The van der Waals surface area contributed by atoms with Gasteiger partial charge in [-0.3, -0.25) is 4.79 Å². The number of aryl methyl sites for hydroxylation is 1. The number of ether oxygens (including phenoxy) is 2. The van der Waals surface area contributed by atoms with Crippen molar-refractivity contribution in [1.29, 1.82) is 0 Å². The first-order valence-corrected chi connectivity index (χ1v) is 8.16. The van der Waals surface area contributed by atoms with E-state index in [-0.39, 0.29) is 18.7 Å². The van der Waals surface area contributed by atoms with Crippen LogP contribution in [-0.2, 0) is 16.0 Å². The number of hydrogen-bond donors (Lipinski definition) is 1. The van der Waals surface area contributed by atoms with Crippen LogP contribution in [0.5, 0.6) is 5.75 Å². The third-order valence-electron chi connectivity index (χ3n) is 3.52. The normalized spacial score (nSPS) is 12.0. The zero-order valence-electron chi connectivity index (χ0n) is 13.7. The van der Waals surface area contributed by atoms with E-state index in [1.807, 2.05) is 25.1 Å². The molecule has 1 N–H and O–H groups in total.